The van der Waals surface area contributed by atoms with Gasteiger partial charge >= 0.3 is 0 Å². The van der Waals surface area contributed by atoms with E-state index in [0.29, 0.717) is 6.54 Å². The minimum absolute atomic E-state index is 0. The summed E-state index contributed by atoms with van der Waals surface area (Å²) in [6, 6.07) is 17.0. The van der Waals surface area contributed by atoms with Crippen molar-refractivity contribution in [2.45, 2.75) is 24.9 Å². The van der Waals surface area contributed by atoms with Gasteiger partial charge in [-0.25, -0.2) is 8.78 Å². The molecule has 1 aliphatic rings. The summed E-state index contributed by atoms with van der Waals surface area (Å²) in [7, 11) is 0. The molecule has 0 aromatic heterocycles. The van der Waals surface area contributed by atoms with Gasteiger partial charge in [0.2, 0.25) is 5.91 Å². The second-order valence-electron chi connectivity index (χ2n) is 5.77. The minimum atomic E-state index is -2.79. The van der Waals surface area contributed by atoms with Gasteiger partial charge in [0.25, 0.3) is 5.92 Å². The van der Waals surface area contributed by atoms with Gasteiger partial charge in [0.05, 0.1) is 12.6 Å². The molecule has 128 valence electrons. The Kier molecular flexibility index (Phi) is 5.91. The van der Waals surface area contributed by atoms with Crippen LogP contribution in [0.15, 0.2) is 54.6 Å². The van der Waals surface area contributed by atoms with Crippen molar-refractivity contribution in [2.24, 2.45) is 0 Å². The van der Waals surface area contributed by atoms with Gasteiger partial charge in [-0.2, -0.15) is 0 Å². The standard InChI is InChI=1S/C18H18F2N2O.ClH/c19-18(20)10-16(22-12-18)17(23)21-11-13-6-8-15(9-7-13)14-4-2-1-3-5-14;/h1-9,16,22H,10-12H2,(H,21,23);1H. The van der Waals surface area contributed by atoms with Crippen LogP contribution in [0, 0.1) is 0 Å². The molecule has 0 saturated carbocycles. The van der Waals surface area contributed by atoms with Crippen LogP contribution in [0.5, 0.6) is 0 Å². The number of halogens is 3. The number of hydrogen-bond donors (Lipinski definition) is 2. The summed E-state index contributed by atoms with van der Waals surface area (Å²) < 4.78 is 26.2. The molecule has 2 N–H and O–H groups in total. The maximum Gasteiger partial charge on any atom is 0.262 e. The molecular formula is C18H19ClF2N2O. The molecule has 1 saturated heterocycles. The van der Waals surface area contributed by atoms with Gasteiger partial charge in [-0.3, -0.25) is 10.1 Å². The normalized spacial score (nSPS) is 18.7. The molecule has 3 nitrogen and oxygen atoms in total. The number of rotatable bonds is 4. The largest absolute Gasteiger partial charge is 0.351 e. The molecule has 0 aliphatic carbocycles. The Labute approximate surface area is 145 Å². The fraction of sp³-hybridized carbons (Fsp3) is 0.278. The maximum absolute atomic E-state index is 13.1. The Hall–Kier alpha value is -1.98. The number of amides is 1. The fourth-order valence-electron chi connectivity index (χ4n) is 2.66. The van der Waals surface area contributed by atoms with Crippen molar-refractivity contribution >= 4 is 18.3 Å². The van der Waals surface area contributed by atoms with E-state index < -0.39 is 24.9 Å². The van der Waals surface area contributed by atoms with Gasteiger partial charge in [0.15, 0.2) is 0 Å². The molecule has 2 aromatic carbocycles. The number of nitrogens with one attached hydrogen (secondary N) is 2. The quantitative estimate of drug-likeness (QED) is 0.885. The fourth-order valence-corrected chi connectivity index (χ4v) is 2.66. The third-order valence-electron chi connectivity index (χ3n) is 3.95. The first-order valence-corrected chi connectivity index (χ1v) is 7.57. The van der Waals surface area contributed by atoms with E-state index in [0.717, 1.165) is 16.7 Å². The number of carbonyl (C=O) groups excluding carboxylic acids is 1. The van der Waals surface area contributed by atoms with E-state index in [1.807, 2.05) is 54.6 Å². The van der Waals surface area contributed by atoms with Crippen LogP contribution in [-0.2, 0) is 11.3 Å². The van der Waals surface area contributed by atoms with Gasteiger partial charge in [-0.1, -0.05) is 54.6 Å². The van der Waals surface area contributed by atoms with Crippen LogP contribution in [0.25, 0.3) is 11.1 Å². The first kappa shape index (κ1) is 18.4. The Morgan fingerprint density at radius 2 is 1.71 bits per heavy atom. The Bertz CT molecular complexity index is 677. The number of hydrogen-bond acceptors (Lipinski definition) is 2. The molecule has 1 unspecified atom stereocenters. The summed E-state index contributed by atoms with van der Waals surface area (Å²) in [5.41, 5.74) is 3.15. The molecule has 1 atom stereocenters. The number of carbonyl (C=O) groups is 1. The van der Waals surface area contributed by atoms with Gasteiger partial charge in [-0.15, -0.1) is 12.4 Å². The van der Waals surface area contributed by atoms with E-state index in [-0.39, 0.29) is 18.3 Å². The Morgan fingerprint density at radius 1 is 1.08 bits per heavy atom. The monoisotopic (exact) mass is 352 g/mol. The van der Waals surface area contributed by atoms with Gasteiger partial charge in [0, 0.05) is 13.0 Å². The first-order valence-electron chi connectivity index (χ1n) is 7.57. The van der Waals surface area contributed by atoms with Gasteiger partial charge < -0.3 is 5.32 Å². The summed E-state index contributed by atoms with van der Waals surface area (Å²) in [5, 5.41) is 5.25. The minimum Gasteiger partial charge on any atom is -0.351 e. The predicted molar refractivity (Wildman–Crippen MR) is 92.3 cm³/mol. The van der Waals surface area contributed by atoms with Crippen LogP contribution in [0.2, 0.25) is 0 Å². The topological polar surface area (TPSA) is 41.1 Å². The van der Waals surface area contributed by atoms with Gasteiger partial charge in [0.1, 0.15) is 0 Å². The van der Waals surface area contributed by atoms with E-state index >= 15 is 0 Å². The summed E-state index contributed by atoms with van der Waals surface area (Å²) in [4.78, 5) is 11.9. The molecule has 0 radical (unpaired) electrons. The van der Waals surface area contributed by atoms with E-state index in [1.165, 1.54) is 0 Å². The smallest absolute Gasteiger partial charge is 0.262 e. The van der Waals surface area contributed by atoms with Crippen molar-refractivity contribution in [3.05, 3.63) is 60.2 Å². The number of alkyl halides is 2. The summed E-state index contributed by atoms with van der Waals surface area (Å²) >= 11 is 0. The molecule has 6 heteroatoms. The average Bonchev–Trinajstić information content (AvgIpc) is 2.94. The lowest BCUT2D eigenvalue weighted by atomic mass is 10.0. The van der Waals surface area contributed by atoms with Crippen LogP contribution >= 0.6 is 12.4 Å². The zero-order valence-electron chi connectivity index (χ0n) is 13.0. The lowest BCUT2D eigenvalue weighted by molar-refractivity contribution is -0.123. The molecule has 3 rings (SSSR count). The molecule has 1 amide bonds. The van der Waals surface area contributed by atoms with Crippen molar-refractivity contribution in [3.8, 4) is 11.1 Å². The zero-order chi connectivity index (χ0) is 16.3. The van der Waals surface area contributed by atoms with Crippen molar-refractivity contribution < 1.29 is 13.6 Å². The average molecular weight is 353 g/mol. The highest BCUT2D eigenvalue weighted by molar-refractivity contribution is 5.85. The molecule has 0 spiro atoms. The third-order valence-corrected chi connectivity index (χ3v) is 3.95. The first-order chi connectivity index (χ1) is 11.0. The predicted octanol–water partition coefficient (Wildman–Crippen LogP) is 3.39. The molecule has 24 heavy (non-hydrogen) atoms. The molecule has 0 bridgehead atoms. The lowest BCUT2D eigenvalue weighted by Gasteiger charge is -2.11. The molecule has 1 fully saturated rings. The van der Waals surface area contributed by atoms with Crippen molar-refractivity contribution in [2.75, 3.05) is 6.54 Å². The molecular weight excluding hydrogens is 334 g/mol. The van der Waals surface area contributed by atoms with Crippen molar-refractivity contribution in [1.29, 1.82) is 0 Å². The van der Waals surface area contributed by atoms with Crippen LogP contribution in [0.3, 0.4) is 0 Å². The molecule has 1 aliphatic heterocycles. The second kappa shape index (κ2) is 7.73. The SMILES string of the molecule is Cl.O=C(NCc1ccc(-c2ccccc2)cc1)C1CC(F)(F)CN1. The highest BCUT2D eigenvalue weighted by Crippen LogP contribution is 2.25. The van der Waals surface area contributed by atoms with Crippen molar-refractivity contribution in [3.63, 3.8) is 0 Å². The Morgan fingerprint density at radius 3 is 2.29 bits per heavy atom. The molecule has 2 aromatic rings. The molecule has 1 heterocycles. The van der Waals surface area contributed by atoms with Gasteiger partial charge in [-0.05, 0) is 16.7 Å². The Balaban J connectivity index is 0.00000208. The van der Waals surface area contributed by atoms with E-state index in [2.05, 4.69) is 10.6 Å². The van der Waals surface area contributed by atoms with Crippen LogP contribution < -0.4 is 10.6 Å². The number of benzene rings is 2. The third kappa shape index (κ3) is 4.52. The van der Waals surface area contributed by atoms with Crippen LogP contribution in [0.4, 0.5) is 8.78 Å². The van der Waals surface area contributed by atoms with Crippen LogP contribution in [-0.4, -0.2) is 24.4 Å². The van der Waals surface area contributed by atoms with E-state index in [9.17, 15) is 13.6 Å². The maximum atomic E-state index is 13.1. The van der Waals surface area contributed by atoms with Crippen LogP contribution in [0.1, 0.15) is 12.0 Å². The van der Waals surface area contributed by atoms with E-state index in [4.69, 9.17) is 0 Å². The highest BCUT2D eigenvalue weighted by Gasteiger charge is 2.42. The highest BCUT2D eigenvalue weighted by atomic mass is 35.5. The second-order valence-corrected chi connectivity index (χ2v) is 5.77. The summed E-state index contributed by atoms with van der Waals surface area (Å²) in [6.45, 7) is -0.103. The van der Waals surface area contributed by atoms with E-state index in [1.54, 1.807) is 0 Å². The summed E-state index contributed by atoms with van der Waals surface area (Å²) in [6.07, 6.45) is -0.439. The lowest BCUT2D eigenvalue weighted by Crippen LogP contribution is -2.40. The van der Waals surface area contributed by atoms with Crippen molar-refractivity contribution in [1.82, 2.24) is 10.6 Å². The summed E-state index contributed by atoms with van der Waals surface area (Å²) in [5.74, 6) is -3.17. The zero-order valence-corrected chi connectivity index (χ0v) is 13.8.